The molecule has 3 aliphatic heterocycles. The minimum Gasteiger partial charge on any atom is -0.466 e. The number of hydrogen-bond acceptors (Lipinski definition) is 8. The Kier molecular flexibility index (Phi) is 6.79. The summed E-state index contributed by atoms with van der Waals surface area (Å²) in [5.74, 6) is -1.99. The average molecular weight is 400 g/mol. The van der Waals surface area contributed by atoms with Gasteiger partial charge in [0.25, 0.3) is 0 Å². The van der Waals surface area contributed by atoms with E-state index in [2.05, 4.69) is 4.74 Å². The van der Waals surface area contributed by atoms with Gasteiger partial charge in [-0.3, -0.25) is 0 Å². The van der Waals surface area contributed by atoms with Crippen LogP contribution in [0.15, 0.2) is 12.2 Å². The number of carbonyl (C=O) groups is 1. The second-order valence-corrected chi connectivity index (χ2v) is 8.21. The molecule has 8 heteroatoms. The first-order valence-corrected chi connectivity index (χ1v) is 9.90. The minimum atomic E-state index is -0.834. The molecule has 0 amide bonds. The molecule has 160 valence electrons. The predicted octanol–water partition coefficient (Wildman–Crippen LogP) is 2.30. The van der Waals surface area contributed by atoms with E-state index in [0.29, 0.717) is 13.2 Å². The number of esters is 1. The van der Waals surface area contributed by atoms with Gasteiger partial charge in [0.05, 0.1) is 13.7 Å². The van der Waals surface area contributed by atoms with E-state index in [4.69, 9.17) is 28.4 Å². The van der Waals surface area contributed by atoms with Crippen molar-refractivity contribution in [1.29, 1.82) is 0 Å². The van der Waals surface area contributed by atoms with Gasteiger partial charge in [-0.25, -0.2) is 4.79 Å². The van der Waals surface area contributed by atoms with Gasteiger partial charge in [0.1, 0.15) is 24.4 Å². The summed E-state index contributed by atoms with van der Waals surface area (Å²) in [4.78, 5) is 11.6. The molecule has 0 saturated carbocycles. The van der Waals surface area contributed by atoms with Crippen LogP contribution in [-0.2, 0) is 38.0 Å². The highest BCUT2D eigenvalue weighted by Crippen LogP contribution is 2.37. The Morgan fingerprint density at radius 3 is 2.50 bits per heavy atom. The summed E-state index contributed by atoms with van der Waals surface area (Å²) in [6.45, 7) is 8.44. The summed E-state index contributed by atoms with van der Waals surface area (Å²) in [7, 11) is 1.33. The van der Waals surface area contributed by atoms with Crippen molar-refractivity contribution in [2.75, 3.05) is 20.3 Å². The smallest absolute Gasteiger partial charge is 0.330 e. The van der Waals surface area contributed by atoms with Gasteiger partial charge in [-0.2, -0.15) is 0 Å². The molecule has 0 aromatic carbocycles. The van der Waals surface area contributed by atoms with Crippen LogP contribution in [0.3, 0.4) is 0 Å². The zero-order chi connectivity index (χ0) is 20.4. The van der Waals surface area contributed by atoms with Crippen molar-refractivity contribution >= 4 is 5.97 Å². The molecule has 0 spiro atoms. The van der Waals surface area contributed by atoms with Crippen LogP contribution in [0, 0.1) is 0 Å². The van der Waals surface area contributed by atoms with Crippen LogP contribution in [0.2, 0.25) is 0 Å². The summed E-state index contributed by atoms with van der Waals surface area (Å²) in [6, 6.07) is 0. The molecule has 3 rings (SSSR count). The highest BCUT2D eigenvalue weighted by Gasteiger charge is 2.51. The topological polar surface area (TPSA) is 81.7 Å². The van der Waals surface area contributed by atoms with Gasteiger partial charge in [-0.15, -0.1) is 0 Å². The van der Waals surface area contributed by atoms with Crippen LogP contribution < -0.4 is 0 Å². The molecule has 0 aromatic rings. The molecular weight excluding hydrogens is 368 g/mol. The van der Waals surface area contributed by atoms with Gasteiger partial charge in [0.2, 0.25) is 0 Å². The van der Waals surface area contributed by atoms with Crippen molar-refractivity contribution in [3.05, 3.63) is 12.2 Å². The van der Waals surface area contributed by atoms with Crippen molar-refractivity contribution < 1.29 is 38.0 Å². The molecule has 1 unspecified atom stereocenters. The highest BCUT2D eigenvalue weighted by molar-refractivity contribution is 5.81. The summed E-state index contributed by atoms with van der Waals surface area (Å²) < 4.78 is 40.8. The van der Waals surface area contributed by atoms with Crippen LogP contribution in [0.4, 0.5) is 0 Å². The van der Waals surface area contributed by atoms with Crippen LogP contribution in [0.5, 0.6) is 0 Å². The van der Waals surface area contributed by atoms with Crippen LogP contribution in [0.25, 0.3) is 0 Å². The SMILES string of the molecule is COC(=O)/C=C\[C@H]1OC(C)(C)O[C@H]1[C@H](OC1CCCCO1)[C@H]1COC(C)(C)O1. The molecule has 3 aliphatic rings. The Labute approximate surface area is 166 Å². The fraction of sp³-hybridized carbons (Fsp3) is 0.850. The zero-order valence-corrected chi connectivity index (χ0v) is 17.3. The molecule has 5 atom stereocenters. The van der Waals surface area contributed by atoms with Crippen molar-refractivity contribution in [2.24, 2.45) is 0 Å². The lowest BCUT2D eigenvalue weighted by atomic mass is 10.0. The molecule has 8 nitrogen and oxygen atoms in total. The third-order valence-electron chi connectivity index (χ3n) is 4.95. The molecule has 0 aliphatic carbocycles. The molecule has 28 heavy (non-hydrogen) atoms. The van der Waals surface area contributed by atoms with E-state index in [9.17, 15) is 4.79 Å². The molecule has 3 fully saturated rings. The zero-order valence-electron chi connectivity index (χ0n) is 17.3. The Morgan fingerprint density at radius 2 is 1.89 bits per heavy atom. The quantitative estimate of drug-likeness (QED) is 0.496. The summed E-state index contributed by atoms with van der Waals surface area (Å²) in [5, 5.41) is 0. The lowest BCUT2D eigenvalue weighted by Crippen LogP contribution is -2.48. The lowest BCUT2D eigenvalue weighted by molar-refractivity contribution is -0.246. The summed E-state index contributed by atoms with van der Waals surface area (Å²) >= 11 is 0. The Morgan fingerprint density at radius 1 is 1.11 bits per heavy atom. The molecule has 3 saturated heterocycles. The van der Waals surface area contributed by atoms with Gasteiger partial charge in [-0.1, -0.05) is 0 Å². The van der Waals surface area contributed by atoms with E-state index in [1.807, 2.05) is 27.7 Å². The standard InChI is InChI=1S/C20H32O8/c1-19(2)24-12-14(27-19)17(25-16-8-6-7-11-23-16)18-13(9-10-15(21)22-5)26-20(3,4)28-18/h9-10,13-14,16-18H,6-8,11-12H2,1-5H3/b10-9-/t13-,14-,16?,17-,18-/m1/s1. The number of rotatable bonds is 6. The van der Waals surface area contributed by atoms with Gasteiger partial charge in [0.15, 0.2) is 17.9 Å². The molecule has 0 radical (unpaired) electrons. The van der Waals surface area contributed by atoms with Gasteiger partial charge >= 0.3 is 5.97 Å². The van der Waals surface area contributed by atoms with Crippen LogP contribution in [-0.4, -0.2) is 68.6 Å². The first kappa shape index (κ1) is 21.7. The van der Waals surface area contributed by atoms with Crippen LogP contribution >= 0.6 is 0 Å². The van der Waals surface area contributed by atoms with E-state index in [0.717, 1.165) is 19.3 Å². The van der Waals surface area contributed by atoms with Gasteiger partial charge in [-0.05, 0) is 53.0 Å². The fourth-order valence-electron chi connectivity index (χ4n) is 3.71. The Bertz CT molecular complexity index is 567. The molecule has 0 bridgehead atoms. The minimum absolute atomic E-state index is 0.330. The van der Waals surface area contributed by atoms with Crippen LogP contribution in [0.1, 0.15) is 47.0 Å². The molecule has 0 aromatic heterocycles. The normalized spacial score (nSPS) is 35.9. The number of hydrogen-bond donors (Lipinski definition) is 0. The Balaban J connectivity index is 1.81. The predicted molar refractivity (Wildman–Crippen MR) is 98.3 cm³/mol. The summed E-state index contributed by atoms with van der Waals surface area (Å²) in [5.41, 5.74) is 0. The first-order chi connectivity index (χ1) is 13.2. The van der Waals surface area contributed by atoms with E-state index >= 15 is 0 Å². The van der Waals surface area contributed by atoms with E-state index in [1.165, 1.54) is 13.2 Å². The summed E-state index contributed by atoms with van der Waals surface area (Å²) in [6.07, 6.45) is 3.70. The van der Waals surface area contributed by atoms with E-state index in [1.54, 1.807) is 6.08 Å². The molecule has 0 N–H and O–H groups in total. The van der Waals surface area contributed by atoms with E-state index < -0.39 is 35.9 Å². The second kappa shape index (κ2) is 8.77. The maximum Gasteiger partial charge on any atom is 0.330 e. The third kappa shape index (κ3) is 5.52. The van der Waals surface area contributed by atoms with Crippen molar-refractivity contribution in [3.8, 4) is 0 Å². The molecule has 3 heterocycles. The lowest BCUT2D eigenvalue weighted by Gasteiger charge is -2.34. The fourth-order valence-corrected chi connectivity index (χ4v) is 3.71. The first-order valence-electron chi connectivity index (χ1n) is 9.90. The number of ether oxygens (including phenoxy) is 7. The van der Waals surface area contributed by atoms with Crippen molar-refractivity contribution in [3.63, 3.8) is 0 Å². The van der Waals surface area contributed by atoms with E-state index in [-0.39, 0.29) is 12.4 Å². The maximum atomic E-state index is 11.6. The van der Waals surface area contributed by atoms with Gasteiger partial charge < -0.3 is 33.2 Å². The van der Waals surface area contributed by atoms with Crippen molar-refractivity contribution in [2.45, 2.75) is 89.2 Å². The second-order valence-electron chi connectivity index (χ2n) is 8.21. The third-order valence-corrected chi connectivity index (χ3v) is 4.95. The Hall–Kier alpha value is -1.03. The highest BCUT2D eigenvalue weighted by atomic mass is 16.8. The average Bonchev–Trinajstić information content (AvgIpc) is 3.16. The number of methoxy groups -OCH3 is 1. The number of carbonyl (C=O) groups excluding carboxylic acids is 1. The monoisotopic (exact) mass is 400 g/mol. The largest absolute Gasteiger partial charge is 0.466 e. The van der Waals surface area contributed by atoms with Crippen molar-refractivity contribution in [1.82, 2.24) is 0 Å². The molecular formula is C20H32O8. The maximum absolute atomic E-state index is 11.6. The van der Waals surface area contributed by atoms with Gasteiger partial charge in [0, 0.05) is 12.7 Å².